The van der Waals surface area contributed by atoms with Gasteiger partial charge in [-0.3, -0.25) is 14.9 Å². The Morgan fingerprint density at radius 1 is 0.909 bits per heavy atom. The van der Waals surface area contributed by atoms with Crippen LogP contribution in [0.1, 0.15) is 15.9 Å². The fourth-order valence-corrected chi connectivity index (χ4v) is 3.70. The lowest BCUT2D eigenvalue weighted by molar-refractivity contribution is -0.111. The second kappa shape index (κ2) is 10.3. The van der Waals surface area contributed by atoms with E-state index in [0.29, 0.717) is 21.4 Å². The molecule has 33 heavy (non-hydrogen) atoms. The third-order valence-electron chi connectivity index (χ3n) is 4.60. The second-order valence-corrected chi connectivity index (χ2v) is 7.89. The van der Waals surface area contributed by atoms with Gasteiger partial charge in [0.05, 0.1) is 7.11 Å². The largest absolute Gasteiger partial charge is 0.497 e. The van der Waals surface area contributed by atoms with Gasteiger partial charge in [-0.25, -0.2) is 0 Å². The summed E-state index contributed by atoms with van der Waals surface area (Å²) in [6, 6.07) is 23.6. The summed E-state index contributed by atoms with van der Waals surface area (Å²) in [5.41, 5.74) is 2.71. The highest BCUT2D eigenvalue weighted by Crippen LogP contribution is 2.28. The van der Waals surface area contributed by atoms with Crippen LogP contribution in [0.2, 0.25) is 0 Å². The van der Waals surface area contributed by atoms with Crippen molar-refractivity contribution in [2.45, 2.75) is 0 Å². The van der Waals surface area contributed by atoms with E-state index in [0.717, 1.165) is 16.9 Å². The number of hydrogen-bond acceptors (Lipinski definition) is 6. The van der Waals surface area contributed by atoms with Crippen LogP contribution >= 0.6 is 11.3 Å². The molecule has 0 fully saturated rings. The average Bonchev–Trinajstić information content (AvgIpc) is 3.32. The Morgan fingerprint density at radius 3 is 2.45 bits per heavy atom. The van der Waals surface area contributed by atoms with Crippen molar-refractivity contribution in [2.24, 2.45) is 0 Å². The Balaban J connectivity index is 1.39. The number of ether oxygens (including phenoxy) is 1. The highest BCUT2D eigenvalue weighted by Gasteiger charge is 2.12. The smallest absolute Gasteiger partial charge is 0.257 e. The summed E-state index contributed by atoms with van der Waals surface area (Å²) in [4.78, 5) is 24.9. The lowest BCUT2D eigenvalue weighted by Gasteiger charge is -2.05. The van der Waals surface area contributed by atoms with E-state index < -0.39 is 0 Å². The van der Waals surface area contributed by atoms with Gasteiger partial charge in [0, 0.05) is 22.9 Å². The molecule has 2 amide bonds. The van der Waals surface area contributed by atoms with E-state index in [1.807, 2.05) is 54.6 Å². The Hall–Kier alpha value is -4.30. The summed E-state index contributed by atoms with van der Waals surface area (Å²) < 4.78 is 5.16. The molecule has 1 aromatic heterocycles. The van der Waals surface area contributed by atoms with Gasteiger partial charge >= 0.3 is 0 Å². The van der Waals surface area contributed by atoms with Gasteiger partial charge in [0.2, 0.25) is 11.0 Å². The highest BCUT2D eigenvalue weighted by atomic mass is 32.1. The first-order valence-electron chi connectivity index (χ1n) is 10.0. The van der Waals surface area contributed by atoms with Crippen molar-refractivity contribution >= 4 is 40.0 Å². The van der Waals surface area contributed by atoms with Gasteiger partial charge in [0.25, 0.3) is 5.91 Å². The van der Waals surface area contributed by atoms with Crippen molar-refractivity contribution in [2.75, 3.05) is 17.7 Å². The van der Waals surface area contributed by atoms with Gasteiger partial charge in [-0.15, -0.1) is 10.2 Å². The first-order chi connectivity index (χ1) is 16.1. The van der Waals surface area contributed by atoms with Crippen LogP contribution < -0.4 is 15.4 Å². The van der Waals surface area contributed by atoms with Crippen molar-refractivity contribution in [3.8, 4) is 16.3 Å². The summed E-state index contributed by atoms with van der Waals surface area (Å²) in [6.07, 6.45) is 3.17. The molecule has 2 N–H and O–H groups in total. The molecule has 0 bridgehead atoms. The summed E-state index contributed by atoms with van der Waals surface area (Å²) in [5.74, 6) is 0.118. The summed E-state index contributed by atoms with van der Waals surface area (Å²) in [6.45, 7) is 0. The zero-order valence-electron chi connectivity index (χ0n) is 17.7. The average molecular weight is 457 g/mol. The third kappa shape index (κ3) is 5.90. The lowest BCUT2D eigenvalue weighted by atomic mass is 10.2. The first-order valence-corrected chi connectivity index (χ1v) is 10.9. The van der Waals surface area contributed by atoms with Gasteiger partial charge in [-0.2, -0.15) is 0 Å². The molecule has 3 aromatic carbocycles. The molecule has 7 nitrogen and oxygen atoms in total. The predicted molar refractivity (Wildman–Crippen MR) is 130 cm³/mol. The first kappa shape index (κ1) is 21.9. The minimum atomic E-state index is -0.344. The number of methoxy groups -OCH3 is 1. The van der Waals surface area contributed by atoms with Gasteiger partial charge in [0.15, 0.2) is 0 Å². The molecule has 0 aliphatic rings. The number of benzene rings is 3. The molecule has 0 radical (unpaired) electrons. The zero-order chi connectivity index (χ0) is 23.0. The molecule has 0 aliphatic heterocycles. The van der Waals surface area contributed by atoms with Crippen LogP contribution in [0.15, 0.2) is 84.9 Å². The van der Waals surface area contributed by atoms with E-state index in [2.05, 4.69) is 20.8 Å². The van der Waals surface area contributed by atoms with Crippen LogP contribution in [0.3, 0.4) is 0 Å². The van der Waals surface area contributed by atoms with Crippen molar-refractivity contribution in [3.63, 3.8) is 0 Å². The Labute approximate surface area is 194 Å². The van der Waals surface area contributed by atoms with E-state index in [1.54, 1.807) is 37.5 Å². The molecule has 0 spiro atoms. The van der Waals surface area contributed by atoms with Crippen molar-refractivity contribution in [1.82, 2.24) is 10.2 Å². The minimum Gasteiger partial charge on any atom is -0.497 e. The number of amides is 2. The number of nitrogens with one attached hydrogen (secondary N) is 2. The van der Waals surface area contributed by atoms with Gasteiger partial charge in [0.1, 0.15) is 10.8 Å². The summed E-state index contributed by atoms with van der Waals surface area (Å²) in [5, 5.41) is 14.8. The molecule has 0 unspecified atom stereocenters. The van der Waals surface area contributed by atoms with E-state index in [9.17, 15) is 9.59 Å². The fourth-order valence-electron chi connectivity index (χ4n) is 2.95. The van der Waals surface area contributed by atoms with Gasteiger partial charge in [-0.05, 0) is 54.1 Å². The molecular formula is C25H20N4O3S. The maximum Gasteiger partial charge on any atom is 0.257 e. The number of aromatic nitrogens is 2. The molecular weight excluding hydrogens is 436 g/mol. The maximum absolute atomic E-state index is 12.7. The van der Waals surface area contributed by atoms with Crippen molar-refractivity contribution in [3.05, 3.63) is 96.1 Å². The maximum atomic E-state index is 12.7. The molecule has 4 rings (SSSR count). The number of carbonyl (C=O) groups excluding carboxylic acids is 2. The third-order valence-corrected chi connectivity index (χ3v) is 5.49. The zero-order valence-corrected chi connectivity index (χ0v) is 18.5. The lowest BCUT2D eigenvalue weighted by Crippen LogP contribution is -2.13. The molecule has 8 heteroatoms. The van der Waals surface area contributed by atoms with E-state index in [4.69, 9.17) is 4.74 Å². The van der Waals surface area contributed by atoms with Gasteiger partial charge < -0.3 is 10.1 Å². The van der Waals surface area contributed by atoms with E-state index >= 15 is 0 Å². The molecule has 1 heterocycles. The number of anilines is 2. The Bertz CT molecular complexity index is 1280. The number of hydrogen-bond donors (Lipinski definition) is 2. The van der Waals surface area contributed by atoms with Crippen LogP contribution in [0.4, 0.5) is 10.8 Å². The predicted octanol–water partition coefficient (Wildman–Crippen LogP) is 5.12. The normalized spacial score (nSPS) is 10.7. The summed E-state index contributed by atoms with van der Waals surface area (Å²) in [7, 11) is 1.61. The van der Waals surface area contributed by atoms with Crippen molar-refractivity contribution < 1.29 is 14.3 Å². The highest BCUT2D eigenvalue weighted by molar-refractivity contribution is 7.18. The molecule has 0 saturated carbocycles. The van der Waals surface area contributed by atoms with Crippen LogP contribution in [0, 0.1) is 0 Å². The quantitative estimate of drug-likeness (QED) is 0.377. The Morgan fingerprint density at radius 2 is 1.70 bits per heavy atom. The second-order valence-electron chi connectivity index (χ2n) is 6.91. The fraction of sp³-hybridized carbons (Fsp3) is 0.0400. The minimum absolute atomic E-state index is 0.287. The van der Waals surface area contributed by atoms with Crippen LogP contribution in [-0.4, -0.2) is 29.1 Å². The molecule has 0 saturated heterocycles. The topological polar surface area (TPSA) is 93.2 Å². The molecule has 164 valence electrons. The molecule has 4 aromatic rings. The number of nitrogens with zero attached hydrogens (tertiary/aromatic N) is 2. The summed E-state index contributed by atoms with van der Waals surface area (Å²) >= 11 is 1.27. The van der Waals surface area contributed by atoms with E-state index in [1.165, 1.54) is 17.4 Å². The Kier molecular flexibility index (Phi) is 6.87. The standard InChI is InChI=1S/C25H20N4O3S/c1-32-21-13-11-18(12-14-21)24-28-29-25(33-24)27-23(31)19-8-5-9-20(16-19)26-22(30)15-10-17-6-3-2-4-7-17/h2-16H,1H3,(H,26,30)(H,27,29,31)/b15-10+. The van der Waals surface area contributed by atoms with Crippen molar-refractivity contribution in [1.29, 1.82) is 0 Å². The number of rotatable bonds is 7. The van der Waals surface area contributed by atoms with Crippen LogP contribution in [0.5, 0.6) is 5.75 Å². The molecule has 0 atom stereocenters. The number of carbonyl (C=O) groups is 2. The van der Waals surface area contributed by atoms with E-state index in [-0.39, 0.29) is 11.8 Å². The van der Waals surface area contributed by atoms with Crippen LogP contribution in [0.25, 0.3) is 16.6 Å². The van der Waals surface area contributed by atoms with Crippen LogP contribution in [-0.2, 0) is 4.79 Å². The van der Waals surface area contributed by atoms with Gasteiger partial charge in [-0.1, -0.05) is 47.7 Å². The SMILES string of the molecule is COc1ccc(-c2nnc(NC(=O)c3cccc(NC(=O)/C=C/c4ccccc4)c3)s2)cc1. The monoisotopic (exact) mass is 456 g/mol. The molecule has 0 aliphatic carbocycles.